The van der Waals surface area contributed by atoms with Gasteiger partial charge in [-0.25, -0.2) is 0 Å². The van der Waals surface area contributed by atoms with Gasteiger partial charge < -0.3 is 0 Å². The molecule has 0 heterocycles. The van der Waals surface area contributed by atoms with Crippen LogP contribution >= 0.6 is 14.6 Å². The van der Waals surface area contributed by atoms with Crippen LogP contribution in [0.25, 0.3) is 0 Å². The maximum absolute atomic E-state index is 2.91. The highest BCUT2D eigenvalue weighted by atomic mass is 32.3. The molecule has 0 aromatic heterocycles. The van der Waals surface area contributed by atoms with E-state index in [2.05, 4.69) is 104 Å². The third-order valence-corrected chi connectivity index (χ3v) is 45.6. The molecule has 0 aliphatic rings. The lowest BCUT2D eigenvalue weighted by atomic mass is 10.3. The van der Waals surface area contributed by atoms with Gasteiger partial charge in [0.1, 0.15) is 0 Å². The lowest BCUT2D eigenvalue weighted by molar-refractivity contribution is 0.264. The molecule has 24 heavy (non-hydrogen) atoms. The molecule has 0 N–H and O–H groups in total. The normalized spacial score (nSPS) is 14.8. The smallest absolute Gasteiger partial charge is 0.0759 e. The van der Waals surface area contributed by atoms with Gasteiger partial charge in [0.2, 0.25) is 0 Å². The van der Waals surface area contributed by atoms with Crippen molar-refractivity contribution in [3.63, 3.8) is 0 Å². The predicted molar refractivity (Wildman–Crippen MR) is 125 cm³/mol. The van der Waals surface area contributed by atoms with E-state index in [-0.39, 0.29) is 14.6 Å². The maximum Gasteiger partial charge on any atom is 0.0759 e. The highest BCUT2D eigenvalue weighted by molar-refractivity contribution is 8.56. The first-order valence-electron chi connectivity index (χ1n) is 9.70. The van der Waals surface area contributed by atoms with E-state index >= 15 is 0 Å². The van der Waals surface area contributed by atoms with Crippen LogP contribution in [-0.4, -0.2) is 49.0 Å². The first kappa shape index (κ1) is 25.2. The number of rotatable bonds is 9. The summed E-state index contributed by atoms with van der Waals surface area (Å²) in [5, 5.41) is 0. The highest BCUT2D eigenvalue weighted by Gasteiger charge is 2.49. The summed E-state index contributed by atoms with van der Waals surface area (Å²) in [6.45, 7) is 35.2. The van der Waals surface area contributed by atoms with Gasteiger partial charge in [-0.3, -0.25) is 9.34 Å². The molecular weight excluding hydrogens is 362 g/mol. The van der Waals surface area contributed by atoms with Gasteiger partial charge in [-0.2, -0.15) is 0 Å². The zero-order chi connectivity index (χ0) is 19.6. The predicted octanol–water partition coefficient (Wildman–Crippen LogP) is 7.60. The first-order valence-corrected chi connectivity index (χ1v) is 21.7. The summed E-state index contributed by atoms with van der Waals surface area (Å²) in [4.78, 5) is 0. The van der Waals surface area contributed by atoms with E-state index in [1.165, 1.54) is 0 Å². The van der Waals surface area contributed by atoms with Crippen LogP contribution in [0.3, 0.4) is 0 Å². The molecule has 0 bridgehead atoms. The van der Waals surface area contributed by atoms with Gasteiger partial charge in [0.15, 0.2) is 0 Å². The standard InChI is InChI=1S/C18H46N2P2Si2/c1-15(2)19(16(3)4)21(20(17(5)6)18(7)8)22(23(9,10)11)24(12,13)14/h15-18H,1-14H3. The molecule has 146 valence electrons. The van der Waals surface area contributed by atoms with Crippen molar-refractivity contribution in [2.45, 2.75) is 119 Å². The van der Waals surface area contributed by atoms with Crippen LogP contribution in [0.2, 0.25) is 39.3 Å². The Morgan fingerprint density at radius 1 is 0.500 bits per heavy atom. The van der Waals surface area contributed by atoms with E-state index in [1.807, 2.05) is 0 Å². The van der Waals surface area contributed by atoms with Gasteiger partial charge in [0.05, 0.1) is 23.4 Å². The Morgan fingerprint density at radius 3 is 0.833 bits per heavy atom. The SMILES string of the molecule is CC(C)N(C(C)C)P(N(C(C)C)C(C)C)P([Si](C)(C)C)[Si](C)(C)C. The molecule has 0 saturated heterocycles. The van der Waals surface area contributed by atoms with Gasteiger partial charge in [-0.1, -0.05) is 46.0 Å². The van der Waals surface area contributed by atoms with Crippen LogP contribution in [0.5, 0.6) is 0 Å². The van der Waals surface area contributed by atoms with Crippen LogP contribution in [0.1, 0.15) is 55.4 Å². The average molecular weight is 409 g/mol. The van der Waals surface area contributed by atoms with Crippen molar-refractivity contribution in [2.75, 3.05) is 0 Å². The van der Waals surface area contributed by atoms with Crippen molar-refractivity contribution in [3.05, 3.63) is 0 Å². The Balaban J connectivity index is 6.47. The number of hydrogen-bond acceptors (Lipinski definition) is 2. The Kier molecular flexibility index (Phi) is 9.90. The molecule has 0 atom stereocenters. The molecule has 2 nitrogen and oxygen atoms in total. The molecule has 0 rings (SSSR count). The maximum atomic E-state index is 2.91. The Morgan fingerprint density at radius 2 is 0.708 bits per heavy atom. The van der Waals surface area contributed by atoms with Crippen LogP contribution in [0, 0.1) is 0 Å². The van der Waals surface area contributed by atoms with E-state index < -0.39 is 15.5 Å². The number of hydrogen-bond donors (Lipinski definition) is 0. The minimum atomic E-state index is -1.22. The molecule has 0 aliphatic heterocycles. The molecule has 0 unspecified atom stereocenters. The third kappa shape index (κ3) is 6.74. The summed E-state index contributed by atoms with van der Waals surface area (Å²) in [5.41, 5.74) is 0. The lowest BCUT2D eigenvalue weighted by Gasteiger charge is -2.56. The van der Waals surface area contributed by atoms with Crippen LogP contribution in [0.4, 0.5) is 0 Å². The highest BCUT2D eigenvalue weighted by Crippen LogP contribution is 2.81. The van der Waals surface area contributed by atoms with E-state index in [1.54, 1.807) is 0 Å². The minimum Gasteiger partial charge on any atom is -0.262 e. The molecule has 0 aliphatic carbocycles. The second kappa shape index (κ2) is 9.42. The summed E-state index contributed by atoms with van der Waals surface area (Å²) in [6, 6.07) is 2.48. The average Bonchev–Trinajstić information content (AvgIpc) is 2.21. The monoisotopic (exact) mass is 408 g/mol. The molecule has 0 fully saturated rings. The van der Waals surface area contributed by atoms with Crippen LogP contribution in [0.15, 0.2) is 0 Å². The zero-order valence-electron chi connectivity index (χ0n) is 19.1. The van der Waals surface area contributed by atoms with Crippen molar-refractivity contribution in [1.29, 1.82) is 0 Å². The third-order valence-electron chi connectivity index (χ3n) is 3.98. The second-order valence-corrected chi connectivity index (χ2v) is 37.4. The second-order valence-electron chi connectivity index (χ2n) is 10.1. The topological polar surface area (TPSA) is 6.48 Å². The fraction of sp³-hybridized carbons (Fsp3) is 1.00. The quantitative estimate of drug-likeness (QED) is 0.286. The molecular formula is C18H46N2P2Si2. The van der Waals surface area contributed by atoms with E-state index in [9.17, 15) is 0 Å². The molecule has 0 saturated carbocycles. The fourth-order valence-corrected chi connectivity index (χ4v) is 53.7. The van der Waals surface area contributed by atoms with Crippen molar-refractivity contribution >= 4 is 30.1 Å². The van der Waals surface area contributed by atoms with Crippen LogP contribution < -0.4 is 0 Å². The summed E-state index contributed by atoms with van der Waals surface area (Å²) in [6.07, 6.45) is 0. The van der Waals surface area contributed by atoms with Crippen molar-refractivity contribution in [1.82, 2.24) is 9.34 Å². The summed E-state index contributed by atoms with van der Waals surface area (Å²) in [5.74, 6) is 0. The molecule has 0 aromatic carbocycles. The van der Waals surface area contributed by atoms with E-state index in [0.29, 0.717) is 24.2 Å². The summed E-state index contributed by atoms with van der Waals surface area (Å²) >= 11 is 0. The van der Waals surface area contributed by atoms with Crippen molar-refractivity contribution in [3.8, 4) is 0 Å². The zero-order valence-corrected chi connectivity index (χ0v) is 22.9. The van der Waals surface area contributed by atoms with Gasteiger partial charge in [-0.15, -0.1) is 0 Å². The van der Waals surface area contributed by atoms with Gasteiger partial charge >= 0.3 is 0 Å². The molecule has 0 radical (unpaired) electrons. The summed E-state index contributed by atoms with van der Waals surface area (Å²) < 4.78 is 5.83. The Labute approximate surface area is 158 Å². The van der Waals surface area contributed by atoms with Crippen LogP contribution in [-0.2, 0) is 0 Å². The van der Waals surface area contributed by atoms with E-state index in [0.717, 1.165) is 0 Å². The molecule has 6 heteroatoms. The Bertz CT molecular complexity index is 324. The van der Waals surface area contributed by atoms with Crippen molar-refractivity contribution in [2.24, 2.45) is 0 Å². The van der Waals surface area contributed by atoms with Crippen molar-refractivity contribution < 1.29 is 0 Å². The van der Waals surface area contributed by atoms with E-state index in [4.69, 9.17) is 0 Å². The Hall–Kier alpha value is 1.21. The number of nitrogens with zero attached hydrogens (tertiary/aromatic N) is 2. The molecule has 0 spiro atoms. The minimum absolute atomic E-state index is 0.0797. The van der Waals surface area contributed by atoms with Gasteiger partial charge in [0.25, 0.3) is 0 Å². The lowest BCUT2D eigenvalue weighted by Crippen LogP contribution is -2.46. The molecule has 0 aromatic rings. The molecule has 0 amide bonds. The largest absolute Gasteiger partial charge is 0.262 e. The van der Waals surface area contributed by atoms with Gasteiger partial charge in [-0.05, 0) is 55.4 Å². The fourth-order valence-electron chi connectivity index (χ4n) is 3.89. The first-order chi connectivity index (χ1) is 10.5. The van der Waals surface area contributed by atoms with Gasteiger partial charge in [0, 0.05) is 24.2 Å². The summed E-state index contributed by atoms with van der Waals surface area (Å²) in [7, 11) is -2.67.